The van der Waals surface area contributed by atoms with Crippen molar-refractivity contribution < 1.29 is 9.90 Å². The number of allylic oxidation sites excluding steroid dienone is 1. The Labute approximate surface area is 107 Å². The average Bonchev–Trinajstić information content (AvgIpc) is 2.85. The molecule has 1 aliphatic carbocycles. The molecule has 4 N–H and O–H groups in total. The maximum Gasteiger partial charge on any atom is 0.253 e. The van der Waals surface area contributed by atoms with Gasteiger partial charge in [-0.25, -0.2) is 0 Å². The number of hydrogen-bond acceptors (Lipinski definition) is 3. The number of aromatic hydroxyl groups is 1. The fourth-order valence-corrected chi connectivity index (χ4v) is 2.14. The number of nitrogens with one attached hydrogen (secondary N) is 1. The molecule has 0 aromatic heterocycles. The molecule has 4 nitrogen and oxygen atoms in total. The third kappa shape index (κ3) is 3.03. The summed E-state index contributed by atoms with van der Waals surface area (Å²) in [7, 11) is 0. The number of carbonyl (C=O) groups is 1. The second-order valence-electron chi connectivity index (χ2n) is 4.53. The van der Waals surface area contributed by atoms with E-state index < -0.39 is 0 Å². The molecule has 0 aliphatic heterocycles. The van der Waals surface area contributed by atoms with Crippen molar-refractivity contribution in [1.29, 1.82) is 0 Å². The first-order valence-electron chi connectivity index (χ1n) is 6.21. The zero-order valence-corrected chi connectivity index (χ0v) is 10.3. The predicted octanol–water partition coefficient (Wildman–Crippen LogP) is 2.20. The molecule has 2 rings (SSSR count). The van der Waals surface area contributed by atoms with Crippen LogP contribution in [-0.2, 0) is 0 Å². The summed E-state index contributed by atoms with van der Waals surface area (Å²) in [5.74, 6) is -0.185. The lowest BCUT2D eigenvalue weighted by molar-refractivity contribution is 0.0954. The highest BCUT2D eigenvalue weighted by atomic mass is 16.3. The third-order valence-corrected chi connectivity index (χ3v) is 3.15. The molecule has 1 aliphatic rings. The lowest BCUT2D eigenvalue weighted by atomic mass is 10.1. The molecule has 4 heteroatoms. The van der Waals surface area contributed by atoms with E-state index in [1.54, 1.807) is 0 Å². The lowest BCUT2D eigenvalue weighted by Gasteiger charge is -2.08. The number of hydrogen-bond donors (Lipinski definition) is 3. The number of nitrogen functional groups attached to an aromatic ring is 1. The first kappa shape index (κ1) is 12.5. The Bertz CT molecular complexity index is 481. The molecule has 0 bridgehead atoms. The third-order valence-electron chi connectivity index (χ3n) is 3.15. The van der Waals surface area contributed by atoms with Crippen LogP contribution < -0.4 is 11.1 Å². The predicted molar refractivity (Wildman–Crippen MR) is 71.4 cm³/mol. The van der Waals surface area contributed by atoms with Gasteiger partial charge in [-0.15, -0.1) is 0 Å². The van der Waals surface area contributed by atoms with Crippen molar-refractivity contribution in [3.05, 3.63) is 35.4 Å². The molecular formula is C14H18N2O2. The molecule has 0 saturated heterocycles. The number of nitrogens with two attached hydrogens (primary N) is 1. The number of benzene rings is 1. The van der Waals surface area contributed by atoms with Crippen molar-refractivity contribution in [1.82, 2.24) is 5.32 Å². The smallest absolute Gasteiger partial charge is 0.253 e. The molecule has 96 valence electrons. The Morgan fingerprint density at radius 3 is 3.00 bits per heavy atom. The first-order valence-corrected chi connectivity index (χ1v) is 6.21. The molecule has 0 fully saturated rings. The minimum Gasteiger partial charge on any atom is -0.508 e. The second kappa shape index (κ2) is 5.58. The second-order valence-corrected chi connectivity index (χ2v) is 4.53. The van der Waals surface area contributed by atoms with Crippen LogP contribution in [0.25, 0.3) is 0 Å². The molecule has 0 unspecified atom stereocenters. The number of phenolic OH excluding ortho intramolecular Hbond substituents is 1. The van der Waals surface area contributed by atoms with Gasteiger partial charge in [0.05, 0.1) is 5.56 Å². The molecule has 1 aromatic rings. The van der Waals surface area contributed by atoms with E-state index >= 15 is 0 Å². The van der Waals surface area contributed by atoms with E-state index in [1.165, 1.54) is 30.2 Å². The van der Waals surface area contributed by atoms with Crippen molar-refractivity contribution >= 4 is 11.6 Å². The number of rotatable bonds is 4. The van der Waals surface area contributed by atoms with Gasteiger partial charge in [0.1, 0.15) is 5.75 Å². The monoisotopic (exact) mass is 246 g/mol. The van der Waals surface area contributed by atoms with Crippen molar-refractivity contribution in [2.45, 2.75) is 25.7 Å². The zero-order chi connectivity index (χ0) is 13.0. The molecule has 0 heterocycles. The number of anilines is 1. The largest absolute Gasteiger partial charge is 0.508 e. The highest BCUT2D eigenvalue weighted by molar-refractivity contribution is 5.99. The van der Waals surface area contributed by atoms with Gasteiger partial charge in [0.25, 0.3) is 5.91 Å². The van der Waals surface area contributed by atoms with E-state index in [9.17, 15) is 9.90 Å². The van der Waals surface area contributed by atoms with Crippen LogP contribution >= 0.6 is 0 Å². The normalized spacial score (nSPS) is 14.3. The highest BCUT2D eigenvalue weighted by Gasteiger charge is 2.11. The molecule has 0 radical (unpaired) electrons. The minimum atomic E-state index is -0.234. The highest BCUT2D eigenvalue weighted by Crippen LogP contribution is 2.20. The molecule has 0 atom stereocenters. The fraction of sp³-hybridized carbons (Fsp3) is 0.357. The Hall–Kier alpha value is -1.97. The van der Waals surface area contributed by atoms with Crippen LogP contribution in [0.1, 0.15) is 36.0 Å². The van der Waals surface area contributed by atoms with Crippen molar-refractivity contribution in [3.63, 3.8) is 0 Å². The van der Waals surface area contributed by atoms with E-state index in [0.717, 1.165) is 19.3 Å². The van der Waals surface area contributed by atoms with Gasteiger partial charge < -0.3 is 16.2 Å². The molecule has 0 saturated carbocycles. The topological polar surface area (TPSA) is 75.3 Å². The maximum atomic E-state index is 11.9. The Morgan fingerprint density at radius 2 is 2.28 bits per heavy atom. The van der Waals surface area contributed by atoms with Gasteiger partial charge in [-0.3, -0.25) is 4.79 Å². The van der Waals surface area contributed by atoms with Gasteiger partial charge in [-0.1, -0.05) is 11.6 Å². The number of amides is 1. The van der Waals surface area contributed by atoms with Crippen LogP contribution in [0.5, 0.6) is 5.75 Å². The van der Waals surface area contributed by atoms with E-state index in [2.05, 4.69) is 11.4 Å². The summed E-state index contributed by atoms with van der Waals surface area (Å²) in [6.45, 7) is 0.611. The maximum absolute atomic E-state index is 11.9. The van der Waals surface area contributed by atoms with Crippen LogP contribution in [-0.4, -0.2) is 17.6 Å². The SMILES string of the molecule is Nc1ccc(O)cc1C(=O)NCCC1=CCCC1. The Morgan fingerprint density at radius 1 is 1.44 bits per heavy atom. The van der Waals surface area contributed by atoms with Crippen LogP contribution in [0, 0.1) is 0 Å². The number of phenols is 1. The Balaban J connectivity index is 1.89. The lowest BCUT2D eigenvalue weighted by Crippen LogP contribution is -2.25. The van der Waals surface area contributed by atoms with Crippen LogP contribution in [0.3, 0.4) is 0 Å². The summed E-state index contributed by atoms with van der Waals surface area (Å²) < 4.78 is 0. The van der Waals surface area contributed by atoms with Crippen molar-refractivity contribution in [2.24, 2.45) is 0 Å². The fourth-order valence-electron chi connectivity index (χ4n) is 2.14. The van der Waals surface area contributed by atoms with Gasteiger partial charge in [0.15, 0.2) is 0 Å². The summed E-state index contributed by atoms with van der Waals surface area (Å²) in [5, 5.41) is 12.2. The van der Waals surface area contributed by atoms with Gasteiger partial charge in [-0.2, -0.15) is 0 Å². The summed E-state index contributed by atoms with van der Waals surface area (Å²) in [6, 6.07) is 4.39. The van der Waals surface area contributed by atoms with Gasteiger partial charge in [-0.05, 0) is 43.9 Å². The summed E-state index contributed by atoms with van der Waals surface area (Å²) in [5.41, 5.74) is 7.83. The van der Waals surface area contributed by atoms with E-state index in [1.807, 2.05) is 0 Å². The quantitative estimate of drug-likeness (QED) is 0.433. The van der Waals surface area contributed by atoms with Crippen molar-refractivity contribution in [3.8, 4) is 5.75 Å². The standard InChI is InChI=1S/C14H18N2O2/c15-13-6-5-11(17)9-12(13)14(18)16-8-7-10-3-1-2-4-10/h3,5-6,9,17H,1-2,4,7-8,15H2,(H,16,18). The molecular weight excluding hydrogens is 228 g/mol. The van der Waals surface area contributed by atoms with Crippen LogP contribution in [0.4, 0.5) is 5.69 Å². The van der Waals surface area contributed by atoms with E-state index in [-0.39, 0.29) is 11.7 Å². The van der Waals surface area contributed by atoms with Gasteiger partial charge in [0.2, 0.25) is 0 Å². The van der Waals surface area contributed by atoms with E-state index in [0.29, 0.717) is 17.8 Å². The summed E-state index contributed by atoms with van der Waals surface area (Å²) in [6.07, 6.45) is 6.66. The molecule has 18 heavy (non-hydrogen) atoms. The van der Waals surface area contributed by atoms with Gasteiger partial charge >= 0.3 is 0 Å². The number of carbonyl (C=O) groups excluding carboxylic acids is 1. The first-order chi connectivity index (χ1) is 8.66. The summed E-state index contributed by atoms with van der Waals surface area (Å²) in [4.78, 5) is 11.9. The van der Waals surface area contributed by atoms with Gasteiger partial charge in [0, 0.05) is 12.2 Å². The average molecular weight is 246 g/mol. The molecule has 0 spiro atoms. The van der Waals surface area contributed by atoms with Crippen LogP contribution in [0.2, 0.25) is 0 Å². The summed E-state index contributed by atoms with van der Waals surface area (Å²) >= 11 is 0. The van der Waals surface area contributed by atoms with E-state index in [4.69, 9.17) is 5.73 Å². The minimum absolute atomic E-state index is 0.0489. The van der Waals surface area contributed by atoms with Crippen molar-refractivity contribution in [2.75, 3.05) is 12.3 Å². The molecule has 1 aromatic carbocycles. The molecule has 1 amide bonds. The Kier molecular flexibility index (Phi) is 3.87. The van der Waals surface area contributed by atoms with Crippen LogP contribution in [0.15, 0.2) is 29.8 Å². The zero-order valence-electron chi connectivity index (χ0n) is 10.3.